The lowest BCUT2D eigenvalue weighted by molar-refractivity contribution is 0.308. The van der Waals surface area contributed by atoms with Crippen LogP contribution in [0, 0.1) is 11.3 Å². The number of hydrogen-bond donors (Lipinski definition) is 1. The topological polar surface area (TPSA) is 59.0 Å². The van der Waals surface area contributed by atoms with Gasteiger partial charge >= 0.3 is 0 Å². The van der Waals surface area contributed by atoms with Crippen LogP contribution in [0.4, 0.5) is 5.69 Å². The summed E-state index contributed by atoms with van der Waals surface area (Å²) in [5.74, 6) is 0.469. The summed E-state index contributed by atoms with van der Waals surface area (Å²) in [5, 5.41) is 9.59. The first-order chi connectivity index (χ1) is 9.10. The Hall–Kier alpha value is -1.89. The molecule has 3 nitrogen and oxygen atoms in total. The summed E-state index contributed by atoms with van der Waals surface area (Å²) in [6.45, 7) is 0.303. The van der Waals surface area contributed by atoms with Crippen LogP contribution in [0.1, 0.15) is 11.1 Å². The highest BCUT2D eigenvalue weighted by molar-refractivity contribution is 6.42. The van der Waals surface area contributed by atoms with E-state index in [4.69, 9.17) is 38.9 Å². The molecule has 0 bridgehead atoms. The van der Waals surface area contributed by atoms with Crippen LogP contribution in [-0.4, -0.2) is 0 Å². The first-order valence-corrected chi connectivity index (χ1v) is 6.22. The van der Waals surface area contributed by atoms with Gasteiger partial charge in [-0.25, -0.2) is 0 Å². The number of benzene rings is 2. The Morgan fingerprint density at radius 3 is 2.63 bits per heavy atom. The monoisotopic (exact) mass is 292 g/mol. The van der Waals surface area contributed by atoms with E-state index in [-0.39, 0.29) is 0 Å². The average Bonchev–Trinajstić information content (AvgIpc) is 2.41. The zero-order valence-electron chi connectivity index (χ0n) is 9.86. The van der Waals surface area contributed by atoms with Gasteiger partial charge in [0, 0.05) is 6.07 Å². The Bertz CT molecular complexity index is 650. The molecular formula is C14H10Cl2N2O. The molecule has 0 aliphatic rings. The van der Waals surface area contributed by atoms with Crippen molar-refractivity contribution in [2.24, 2.45) is 0 Å². The van der Waals surface area contributed by atoms with Gasteiger partial charge in [-0.15, -0.1) is 0 Å². The van der Waals surface area contributed by atoms with Crippen LogP contribution < -0.4 is 10.5 Å². The molecule has 5 heteroatoms. The maximum atomic E-state index is 8.82. The molecule has 2 rings (SSSR count). The Morgan fingerprint density at radius 1 is 1.16 bits per heavy atom. The number of rotatable bonds is 3. The molecule has 0 fully saturated rings. The molecule has 0 atom stereocenters. The van der Waals surface area contributed by atoms with E-state index >= 15 is 0 Å². The molecule has 0 unspecified atom stereocenters. The van der Waals surface area contributed by atoms with Crippen LogP contribution in [0.5, 0.6) is 5.75 Å². The highest BCUT2D eigenvalue weighted by atomic mass is 35.5. The number of anilines is 1. The number of hydrogen-bond acceptors (Lipinski definition) is 3. The Labute approximate surface area is 121 Å². The van der Waals surface area contributed by atoms with Crippen molar-refractivity contribution in [1.82, 2.24) is 0 Å². The third-order valence-corrected chi connectivity index (χ3v) is 3.23. The zero-order valence-corrected chi connectivity index (χ0v) is 11.4. The molecule has 0 saturated heterocycles. The first kappa shape index (κ1) is 13.5. The van der Waals surface area contributed by atoms with Crippen LogP contribution in [0.15, 0.2) is 36.4 Å². The third-order valence-electron chi connectivity index (χ3n) is 2.50. The van der Waals surface area contributed by atoms with Gasteiger partial charge in [-0.1, -0.05) is 35.3 Å². The van der Waals surface area contributed by atoms with Gasteiger partial charge in [0.05, 0.1) is 27.4 Å². The molecule has 0 amide bonds. The quantitative estimate of drug-likeness (QED) is 0.869. The molecule has 2 N–H and O–H groups in total. The van der Waals surface area contributed by atoms with Crippen LogP contribution in [0.25, 0.3) is 0 Å². The summed E-state index contributed by atoms with van der Waals surface area (Å²) in [6.07, 6.45) is 0. The molecule has 0 radical (unpaired) electrons. The number of nitriles is 1. The summed E-state index contributed by atoms with van der Waals surface area (Å²) in [4.78, 5) is 0. The molecule has 19 heavy (non-hydrogen) atoms. The fourth-order valence-electron chi connectivity index (χ4n) is 1.56. The van der Waals surface area contributed by atoms with Gasteiger partial charge in [-0.05, 0) is 23.8 Å². The van der Waals surface area contributed by atoms with E-state index in [2.05, 4.69) is 6.07 Å². The average molecular weight is 293 g/mol. The Kier molecular flexibility index (Phi) is 4.16. The largest absolute Gasteiger partial charge is 0.487 e. The van der Waals surface area contributed by atoms with Crippen molar-refractivity contribution < 1.29 is 4.74 Å². The molecular weight excluding hydrogens is 283 g/mol. The van der Waals surface area contributed by atoms with E-state index < -0.39 is 0 Å². The van der Waals surface area contributed by atoms with Crippen LogP contribution in [0.2, 0.25) is 10.0 Å². The summed E-state index contributed by atoms with van der Waals surface area (Å²) >= 11 is 11.7. The lowest BCUT2D eigenvalue weighted by atomic mass is 10.1. The molecule has 0 spiro atoms. The van der Waals surface area contributed by atoms with Crippen molar-refractivity contribution in [3.63, 3.8) is 0 Å². The summed E-state index contributed by atoms with van der Waals surface area (Å²) in [7, 11) is 0. The number of nitrogens with zero attached hydrogens (tertiary/aromatic N) is 1. The lowest BCUT2D eigenvalue weighted by Crippen LogP contribution is -1.99. The van der Waals surface area contributed by atoms with E-state index in [1.54, 1.807) is 30.3 Å². The molecule has 0 saturated carbocycles. The van der Waals surface area contributed by atoms with Gasteiger partial charge < -0.3 is 10.5 Å². The van der Waals surface area contributed by atoms with E-state index in [1.165, 1.54) is 0 Å². The van der Waals surface area contributed by atoms with Crippen LogP contribution >= 0.6 is 23.2 Å². The summed E-state index contributed by atoms with van der Waals surface area (Å²) < 4.78 is 5.58. The lowest BCUT2D eigenvalue weighted by Gasteiger charge is -2.10. The smallest absolute Gasteiger partial charge is 0.144 e. The van der Waals surface area contributed by atoms with Crippen molar-refractivity contribution in [3.05, 3.63) is 57.6 Å². The SMILES string of the molecule is N#Cc1cccc(COc2cc(Cl)c(Cl)cc2N)c1. The standard InChI is InChI=1S/C14H10Cl2N2O/c15-11-5-13(18)14(6-12(11)16)19-8-10-3-1-2-9(4-10)7-17/h1-6H,8,18H2. The fourth-order valence-corrected chi connectivity index (χ4v) is 1.89. The first-order valence-electron chi connectivity index (χ1n) is 5.46. The zero-order chi connectivity index (χ0) is 13.8. The normalized spacial score (nSPS) is 9.95. The maximum Gasteiger partial charge on any atom is 0.144 e. The van der Waals surface area contributed by atoms with E-state index in [0.29, 0.717) is 33.7 Å². The minimum atomic E-state index is 0.303. The molecule has 0 aliphatic carbocycles. The third kappa shape index (κ3) is 3.31. The van der Waals surface area contributed by atoms with Gasteiger partial charge in [0.25, 0.3) is 0 Å². The van der Waals surface area contributed by atoms with Gasteiger partial charge in [0.15, 0.2) is 0 Å². The summed E-state index contributed by atoms with van der Waals surface area (Å²) in [6, 6.07) is 12.4. The molecule has 2 aromatic carbocycles. The fraction of sp³-hybridized carbons (Fsp3) is 0.0714. The number of ether oxygens (including phenoxy) is 1. The van der Waals surface area contributed by atoms with E-state index in [0.717, 1.165) is 5.56 Å². The van der Waals surface area contributed by atoms with Crippen molar-refractivity contribution in [2.75, 3.05) is 5.73 Å². The predicted molar refractivity (Wildman–Crippen MR) is 76.4 cm³/mol. The van der Waals surface area contributed by atoms with Crippen LogP contribution in [-0.2, 0) is 6.61 Å². The van der Waals surface area contributed by atoms with Crippen molar-refractivity contribution >= 4 is 28.9 Å². The number of nitrogen functional groups attached to an aromatic ring is 1. The number of halogens is 2. The molecule has 0 heterocycles. The predicted octanol–water partition coefficient (Wildman–Crippen LogP) is 4.03. The molecule has 0 aromatic heterocycles. The Morgan fingerprint density at radius 2 is 1.89 bits per heavy atom. The van der Waals surface area contributed by atoms with E-state index in [1.807, 2.05) is 6.07 Å². The van der Waals surface area contributed by atoms with Crippen LogP contribution in [0.3, 0.4) is 0 Å². The second-order valence-electron chi connectivity index (χ2n) is 3.90. The van der Waals surface area contributed by atoms with Gasteiger partial charge in [0.1, 0.15) is 12.4 Å². The van der Waals surface area contributed by atoms with Crippen molar-refractivity contribution in [2.45, 2.75) is 6.61 Å². The minimum absolute atomic E-state index is 0.303. The number of nitrogens with two attached hydrogens (primary N) is 1. The second-order valence-corrected chi connectivity index (χ2v) is 4.72. The Balaban J connectivity index is 2.14. The molecule has 96 valence electrons. The van der Waals surface area contributed by atoms with Gasteiger partial charge in [0.2, 0.25) is 0 Å². The van der Waals surface area contributed by atoms with Crippen molar-refractivity contribution in [1.29, 1.82) is 5.26 Å². The molecule has 2 aromatic rings. The second kappa shape index (κ2) is 5.83. The highest BCUT2D eigenvalue weighted by Crippen LogP contribution is 2.32. The van der Waals surface area contributed by atoms with E-state index in [9.17, 15) is 0 Å². The van der Waals surface area contributed by atoms with Gasteiger partial charge in [-0.2, -0.15) is 5.26 Å². The van der Waals surface area contributed by atoms with Crippen molar-refractivity contribution in [3.8, 4) is 11.8 Å². The molecule has 0 aliphatic heterocycles. The summed E-state index contributed by atoms with van der Waals surface area (Å²) in [5.41, 5.74) is 7.68. The highest BCUT2D eigenvalue weighted by Gasteiger charge is 2.06. The van der Waals surface area contributed by atoms with Gasteiger partial charge in [-0.3, -0.25) is 0 Å². The minimum Gasteiger partial charge on any atom is -0.487 e. The maximum absolute atomic E-state index is 8.82.